The van der Waals surface area contributed by atoms with Gasteiger partial charge in [-0.3, -0.25) is 0 Å². The topological polar surface area (TPSA) is 12.0 Å². The third-order valence-electron chi connectivity index (χ3n) is 3.31. The summed E-state index contributed by atoms with van der Waals surface area (Å²) in [5.74, 6) is 0. The first kappa shape index (κ1) is 15.4. The van der Waals surface area contributed by atoms with E-state index in [4.69, 9.17) is 0 Å². The lowest BCUT2D eigenvalue weighted by Crippen LogP contribution is -2.12. The average molecular weight is 293 g/mol. The van der Waals surface area contributed by atoms with Crippen molar-refractivity contribution in [1.29, 1.82) is 0 Å². The van der Waals surface area contributed by atoms with E-state index in [1.165, 1.54) is 6.07 Å². The number of alkyl halides is 3. The fourth-order valence-electron chi connectivity index (χ4n) is 2.28. The highest BCUT2D eigenvalue weighted by Gasteiger charge is 2.30. The Morgan fingerprint density at radius 2 is 1.71 bits per heavy atom. The third-order valence-corrected chi connectivity index (χ3v) is 3.31. The first-order chi connectivity index (χ1) is 10.0. The Kier molecular flexibility index (Phi) is 4.89. The molecule has 0 fully saturated rings. The number of nitrogens with one attached hydrogen (secondary N) is 1. The fourth-order valence-corrected chi connectivity index (χ4v) is 2.28. The Morgan fingerprint density at radius 1 is 1.00 bits per heavy atom. The van der Waals surface area contributed by atoms with Gasteiger partial charge in [0.25, 0.3) is 0 Å². The molecular formula is C17H18F3N. The van der Waals surface area contributed by atoms with Gasteiger partial charge in [0.05, 0.1) is 11.6 Å². The summed E-state index contributed by atoms with van der Waals surface area (Å²) < 4.78 is 38.2. The predicted molar refractivity (Wildman–Crippen MR) is 79.2 cm³/mol. The molecule has 4 heteroatoms. The monoisotopic (exact) mass is 293 g/mol. The average Bonchev–Trinajstić information content (AvgIpc) is 2.47. The Bertz CT molecular complexity index is 564. The van der Waals surface area contributed by atoms with E-state index in [1.54, 1.807) is 6.07 Å². The SMILES string of the molecule is CCCC(Nc1cccc(C(F)(F)F)c1)c1ccccc1. The first-order valence-corrected chi connectivity index (χ1v) is 6.99. The second-order valence-corrected chi connectivity index (χ2v) is 4.97. The van der Waals surface area contributed by atoms with Gasteiger partial charge >= 0.3 is 6.18 Å². The fraction of sp³-hybridized carbons (Fsp3) is 0.294. The largest absolute Gasteiger partial charge is 0.416 e. The minimum atomic E-state index is -4.31. The summed E-state index contributed by atoms with van der Waals surface area (Å²) in [6.07, 6.45) is -2.50. The second-order valence-electron chi connectivity index (χ2n) is 4.97. The molecule has 1 unspecified atom stereocenters. The van der Waals surface area contributed by atoms with Gasteiger partial charge in [-0.05, 0) is 30.2 Å². The van der Waals surface area contributed by atoms with Crippen molar-refractivity contribution in [3.8, 4) is 0 Å². The van der Waals surface area contributed by atoms with Gasteiger partial charge in [-0.15, -0.1) is 0 Å². The van der Waals surface area contributed by atoms with Gasteiger partial charge in [0.2, 0.25) is 0 Å². The molecular weight excluding hydrogens is 275 g/mol. The molecule has 1 N–H and O–H groups in total. The zero-order valence-electron chi connectivity index (χ0n) is 11.8. The normalized spacial score (nSPS) is 13.0. The van der Waals surface area contributed by atoms with E-state index in [0.29, 0.717) is 5.69 Å². The number of hydrogen-bond donors (Lipinski definition) is 1. The highest BCUT2D eigenvalue weighted by molar-refractivity contribution is 5.48. The van der Waals surface area contributed by atoms with E-state index in [-0.39, 0.29) is 6.04 Å². The lowest BCUT2D eigenvalue weighted by Gasteiger charge is -2.20. The van der Waals surface area contributed by atoms with Crippen LogP contribution in [-0.2, 0) is 6.18 Å². The maximum Gasteiger partial charge on any atom is 0.416 e. The van der Waals surface area contributed by atoms with Crippen LogP contribution < -0.4 is 5.32 Å². The van der Waals surface area contributed by atoms with E-state index in [9.17, 15) is 13.2 Å². The molecule has 2 aromatic carbocycles. The molecule has 0 radical (unpaired) electrons. The highest BCUT2D eigenvalue weighted by atomic mass is 19.4. The molecule has 0 aromatic heterocycles. The number of anilines is 1. The zero-order chi connectivity index (χ0) is 15.3. The molecule has 2 rings (SSSR count). The molecule has 0 bridgehead atoms. The van der Waals surface area contributed by atoms with E-state index in [1.807, 2.05) is 30.3 Å². The van der Waals surface area contributed by atoms with Crippen molar-refractivity contribution in [2.75, 3.05) is 5.32 Å². The van der Waals surface area contributed by atoms with Gasteiger partial charge < -0.3 is 5.32 Å². The van der Waals surface area contributed by atoms with Crippen LogP contribution in [0.5, 0.6) is 0 Å². The van der Waals surface area contributed by atoms with Crippen molar-refractivity contribution < 1.29 is 13.2 Å². The number of benzene rings is 2. The van der Waals surface area contributed by atoms with Crippen LogP contribution >= 0.6 is 0 Å². The first-order valence-electron chi connectivity index (χ1n) is 6.99. The van der Waals surface area contributed by atoms with Crippen LogP contribution in [0.1, 0.15) is 36.9 Å². The molecule has 1 nitrogen and oxygen atoms in total. The van der Waals surface area contributed by atoms with Crippen LogP contribution in [0.15, 0.2) is 54.6 Å². The minimum absolute atomic E-state index is 0.0136. The van der Waals surface area contributed by atoms with Crippen molar-refractivity contribution in [3.63, 3.8) is 0 Å². The standard InChI is InChI=1S/C17H18F3N/c1-2-7-16(13-8-4-3-5-9-13)21-15-11-6-10-14(12-15)17(18,19)20/h3-6,8-12,16,21H,2,7H2,1H3. The molecule has 0 amide bonds. The number of hydrogen-bond acceptors (Lipinski definition) is 1. The molecule has 0 saturated carbocycles. The molecule has 0 spiro atoms. The quantitative estimate of drug-likeness (QED) is 0.750. The van der Waals surface area contributed by atoms with Gasteiger partial charge in [0.15, 0.2) is 0 Å². The predicted octanol–water partition coefficient (Wildman–Crippen LogP) is 5.66. The van der Waals surface area contributed by atoms with Gasteiger partial charge in [0.1, 0.15) is 0 Å². The minimum Gasteiger partial charge on any atom is -0.378 e. The molecule has 0 aliphatic heterocycles. The Balaban J connectivity index is 2.21. The molecule has 21 heavy (non-hydrogen) atoms. The summed E-state index contributed by atoms with van der Waals surface area (Å²) in [5.41, 5.74) is 0.944. The van der Waals surface area contributed by atoms with Gasteiger partial charge in [-0.25, -0.2) is 0 Å². The number of halogens is 3. The Morgan fingerprint density at radius 3 is 2.33 bits per heavy atom. The van der Waals surface area contributed by atoms with Crippen molar-refractivity contribution in [3.05, 3.63) is 65.7 Å². The molecule has 2 aromatic rings. The van der Waals surface area contributed by atoms with E-state index in [2.05, 4.69) is 12.2 Å². The van der Waals surface area contributed by atoms with Crippen LogP contribution in [0, 0.1) is 0 Å². The Labute approximate surface area is 122 Å². The summed E-state index contributed by atoms with van der Waals surface area (Å²) in [4.78, 5) is 0. The van der Waals surface area contributed by atoms with Crippen LogP contribution in [-0.4, -0.2) is 0 Å². The summed E-state index contributed by atoms with van der Waals surface area (Å²) in [6.45, 7) is 2.06. The molecule has 0 aliphatic carbocycles. The third kappa shape index (κ3) is 4.25. The van der Waals surface area contributed by atoms with Crippen molar-refractivity contribution >= 4 is 5.69 Å². The van der Waals surface area contributed by atoms with Crippen molar-refractivity contribution in [2.24, 2.45) is 0 Å². The smallest absolute Gasteiger partial charge is 0.378 e. The van der Waals surface area contributed by atoms with E-state index < -0.39 is 11.7 Å². The lowest BCUT2D eigenvalue weighted by molar-refractivity contribution is -0.137. The van der Waals surface area contributed by atoms with Gasteiger partial charge in [0, 0.05) is 5.69 Å². The zero-order valence-corrected chi connectivity index (χ0v) is 11.8. The van der Waals surface area contributed by atoms with Gasteiger partial charge in [-0.2, -0.15) is 13.2 Å². The maximum atomic E-state index is 12.7. The van der Waals surface area contributed by atoms with Crippen molar-refractivity contribution in [2.45, 2.75) is 32.0 Å². The van der Waals surface area contributed by atoms with Crippen LogP contribution in [0.4, 0.5) is 18.9 Å². The molecule has 1 atom stereocenters. The van der Waals surface area contributed by atoms with Crippen LogP contribution in [0.2, 0.25) is 0 Å². The lowest BCUT2D eigenvalue weighted by atomic mass is 10.0. The summed E-state index contributed by atoms with van der Waals surface area (Å²) in [7, 11) is 0. The van der Waals surface area contributed by atoms with Gasteiger partial charge in [-0.1, -0.05) is 49.7 Å². The summed E-state index contributed by atoms with van der Waals surface area (Å²) in [5, 5.41) is 3.21. The Hall–Kier alpha value is -1.97. The van der Waals surface area contributed by atoms with E-state index >= 15 is 0 Å². The molecule has 112 valence electrons. The van der Waals surface area contributed by atoms with E-state index in [0.717, 1.165) is 30.5 Å². The second kappa shape index (κ2) is 6.66. The molecule has 0 heterocycles. The van der Waals surface area contributed by atoms with Crippen LogP contribution in [0.25, 0.3) is 0 Å². The maximum absolute atomic E-state index is 12.7. The molecule has 0 saturated heterocycles. The molecule has 0 aliphatic rings. The highest BCUT2D eigenvalue weighted by Crippen LogP contribution is 2.32. The van der Waals surface area contributed by atoms with Crippen LogP contribution in [0.3, 0.4) is 0 Å². The summed E-state index contributed by atoms with van der Waals surface area (Å²) in [6, 6.07) is 15.1. The van der Waals surface area contributed by atoms with Crippen molar-refractivity contribution in [1.82, 2.24) is 0 Å². The number of rotatable bonds is 5. The summed E-state index contributed by atoms with van der Waals surface area (Å²) >= 11 is 0.